The highest BCUT2D eigenvalue weighted by Crippen LogP contribution is 2.32. The van der Waals surface area contributed by atoms with Gasteiger partial charge in [-0.05, 0) is 66.7 Å². The number of para-hydroxylation sites is 1. The molecule has 0 unspecified atom stereocenters. The predicted octanol–water partition coefficient (Wildman–Crippen LogP) is 5.96. The van der Waals surface area contributed by atoms with Gasteiger partial charge in [-0.15, -0.1) is 0 Å². The van der Waals surface area contributed by atoms with Gasteiger partial charge in [0.15, 0.2) is 0 Å². The van der Waals surface area contributed by atoms with Gasteiger partial charge < -0.3 is 30.0 Å². The predicted molar refractivity (Wildman–Crippen MR) is 205 cm³/mol. The van der Waals surface area contributed by atoms with Crippen LogP contribution in [0.4, 0.5) is 0 Å². The topological polar surface area (TPSA) is 188 Å². The lowest BCUT2D eigenvalue weighted by Gasteiger charge is -2.20. The molecule has 0 saturated heterocycles. The number of aromatic amines is 4. The van der Waals surface area contributed by atoms with Crippen molar-refractivity contribution < 1.29 is 14.3 Å². The van der Waals surface area contributed by atoms with Gasteiger partial charge >= 0.3 is 17.3 Å². The second-order valence-electron chi connectivity index (χ2n) is 14.0. The molecule has 270 valence electrons. The molecule has 0 atom stereocenters. The number of amides is 1. The van der Waals surface area contributed by atoms with Crippen molar-refractivity contribution in [2.45, 2.75) is 46.0 Å². The fraction of sp³-hybridized carbons (Fsp3) is 0.231. The minimum absolute atomic E-state index is 0.133. The molecule has 0 aliphatic carbocycles. The van der Waals surface area contributed by atoms with Gasteiger partial charge in [-0.2, -0.15) is 0 Å². The molecule has 8 rings (SSSR count). The van der Waals surface area contributed by atoms with Crippen LogP contribution < -0.4 is 16.7 Å². The quantitative estimate of drug-likeness (QED) is 0.136. The zero-order chi connectivity index (χ0) is 37.8. The molecule has 14 nitrogen and oxygen atoms in total. The summed E-state index contributed by atoms with van der Waals surface area (Å²) in [6.07, 6.45) is 0. The molecule has 53 heavy (non-hydrogen) atoms. The molecule has 4 aromatic carbocycles. The van der Waals surface area contributed by atoms with Gasteiger partial charge in [-0.25, -0.2) is 24.4 Å². The summed E-state index contributed by atoms with van der Waals surface area (Å²) in [6, 6.07) is 22.4. The average Bonchev–Trinajstić information content (AvgIpc) is 3.90. The molecule has 0 spiro atoms. The van der Waals surface area contributed by atoms with E-state index in [1.165, 1.54) is 7.11 Å². The number of esters is 1. The monoisotopic (exact) mass is 713 g/mol. The van der Waals surface area contributed by atoms with E-state index < -0.39 is 5.97 Å². The first-order valence-corrected chi connectivity index (χ1v) is 17.1. The minimum Gasteiger partial charge on any atom is -0.465 e. The summed E-state index contributed by atoms with van der Waals surface area (Å²) in [6.45, 7) is 10.4. The Balaban J connectivity index is 0.000000164. The Morgan fingerprint density at radius 3 is 1.92 bits per heavy atom. The van der Waals surface area contributed by atoms with Crippen LogP contribution >= 0.6 is 0 Å². The zero-order valence-corrected chi connectivity index (χ0v) is 30.3. The molecular formula is C39H39N9O5. The van der Waals surface area contributed by atoms with Gasteiger partial charge in [0.2, 0.25) is 0 Å². The first kappa shape index (κ1) is 34.7. The van der Waals surface area contributed by atoms with Gasteiger partial charge in [0.05, 0.1) is 51.3 Å². The van der Waals surface area contributed by atoms with Crippen molar-refractivity contribution in [1.82, 2.24) is 44.4 Å². The zero-order valence-electron chi connectivity index (χ0n) is 30.3. The molecule has 0 bridgehead atoms. The smallest absolute Gasteiger partial charge is 0.340 e. The van der Waals surface area contributed by atoms with Crippen LogP contribution in [0, 0.1) is 0 Å². The molecular weight excluding hydrogens is 674 g/mol. The lowest BCUT2D eigenvalue weighted by Crippen LogP contribution is -2.18. The highest BCUT2D eigenvalue weighted by Gasteiger charge is 2.25. The molecule has 1 amide bonds. The van der Waals surface area contributed by atoms with Crippen LogP contribution in [-0.4, -0.2) is 65.1 Å². The summed E-state index contributed by atoms with van der Waals surface area (Å²) in [7, 11) is 2.97. The lowest BCUT2D eigenvalue weighted by molar-refractivity contribution is 0.0602. The van der Waals surface area contributed by atoms with E-state index in [-0.39, 0.29) is 28.6 Å². The Kier molecular flexibility index (Phi) is 8.60. The van der Waals surface area contributed by atoms with Gasteiger partial charge in [-0.1, -0.05) is 40.7 Å². The van der Waals surface area contributed by atoms with Gasteiger partial charge in [-0.3, -0.25) is 13.9 Å². The van der Waals surface area contributed by atoms with Crippen molar-refractivity contribution in [3.05, 3.63) is 117 Å². The number of aromatic nitrogens is 8. The number of hydrogen-bond donors (Lipinski definition) is 5. The van der Waals surface area contributed by atoms with Crippen molar-refractivity contribution in [2.75, 3.05) is 14.2 Å². The number of fused-ring (bicyclic) bond motifs is 4. The number of imidazole rings is 4. The number of rotatable bonds is 5. The summed E-state index contributed by atoms with van der Waals surface area (Å²) >= 11 is 0. The Bertz CT molecular complexity index is 2820. The summed E-state index contributed by atoms with van der Waals surface area (Å²) < 4.78 is 8.98. The Morgan fingerprint density at radius 1 is 0.755 bits per heavy atom. The number of methoxy groups -OCH3 is 1. The van der Waals surface area contributed by atoms with Crippen LogP contribution in [0.5, 0.6) is 0 Å². The standard InChI is InChI=1S/C20H21N5O2.C19H18N4O3/c1-20(2,3)18-22-15-9-11(17(26)21-4)5-8-16(15)25(18)12-6-7-13-14(10-12)24-19(27)23-13;1-10(2)17-22-16-12(18(24)26-3)5-4-6-15(16)23(17)11-7-8-13-14(9-11)21-19(25)20-13/h5-10H,1-4H3,(H,21,26)(H2,23,24,27);4-10H,1-3H3,(H2,20,21,25). The fourth-order valence-electron chi connectivity index (χ4n) is 6.50. The number of benzene rings is 4. The Labute approximate surface area is 302 Å². The van der Waals surface area contributed by atoms with Crippen molar-refractivity contribution in [1.29, 1.82) is 0 Å². The van der Waals surface area contributed by atoms with Crippen molar-refractivity contribution in [2.24, 2.45) is 0 Å². The number of carbonyl (C=O) groups is 2. The highest BCUT2D eigenvalue weighted by molar-refractivity contribution is 6.02. The van der Waals surface area contributed by atoms with Crippen molar-refractivity contribution in [3.8, 4) is 11.4 Å². The van der Waals surface area contributed by atoms with E-state index in [1.54, 1.807) is 25.2 Å². The lowest BCUT2D eigenvalue weighted by atomic mass is 9.95. The number of H-pyrrole nitrogens is 4. The SMILES string of the molecule is CNC(=O)c1ccc2c(c1)nc(C(C)(C)C)n2-c1ccc2[nH]c(=O)[nH]c2c1.COC(=O)c1cccc2c1nc(C(C)C)n2-c1ccc2[nH]c(=O)[nH]c2c1. The first-order valence-electron chi connectivity index (χ1n) is 17.1. The van der Waals surface area contributed by atoms with E-state index in [0.717, 1.165) is 56.1 Å². The third-order valence-electron chi connectivity index (χ3n) is 8.96. The van der Waals surface area contributed by atoms with Crippen molar-refractivity contribution in [3.63, 3.8) is 0 Å². The second-order valence-corrected chi connectivity index (χ2v) is 14.0. The average molecular weight is 714 g/mol. The second kappa shape index (κ2) is 13.1. The molecule has 4 aromatic heterocycles. The van der Waals surface area contributed by atoms with E-state index in [0.29, 0.717) is 22.2 Å². The Hall–Kier alpha value is -6.70. The fourth-order valence-corrected chi connectivity index (χ4v) is 6.50. The number of hydrogen-bond acceptors (Lipinski definition) is 7. The minimum atomic E-state index is -0.416. The van der Waals surface area contributed by atoms with Gasteiger partial charge in [0, 0.05) is 35.3 Å². The number of ether oxygens (including phenoxy) is 1. The third kappa shape index (κ3) is 6.28. The molecule has 4 heterocycles. The summed E-state index contributed by atoms with van der Waals surface area (Å²) in [5, 5.41) is 2.64. The summed E-state index contributed by atoms with van der Waals surface area (Å²) in [5.74, 6) is 1.28. The van der Waals surface area contributed by atoms with Crippen LogP contribution in [0.2, 0.25) is 0 Å². The van der Waals surface area contributed by atoms with Crippen LogP contribution in [0.15, 0.2) is 82.4 Å². The molecule has 8 aromatic rings. The molecule has 0 aliphatic rings. The third-order valence-corrected chi connectivity index (χ3v) is 8.96. The number of nitrogens with zero attached hydrogens (tertiary/aromatic N) is 4. The maximum absolute atomic E-state index is 12.1. The van der Waals surface area contributed by atoms with E-state index >= 15 is 0 Å². The molecule has 0 fully saturated rings. The van der Waals surface area contributed by atoms with Crippen LogP contribution in [0.1, 0.15) is 72.9 Å². The molecule has 14 heteroatoms. The van der Waals surface area contributed by atoms with Gasteiger partial charge in [0.1, 0.15) is 17.2 Å². The van der Waals surface area contributed by atoms with E-state index in [1.807, 2.05) is 73.0 Å². The Morgan fingerprint density at radius 2 is 1.36 bits per heavy atom. The van der Waals surface area contributed by atoms with Gasteiger partial charge in [0.25, 0.3) is 5.91 Å². The number of carbonyl (C=O) groups excluding carboxylic acids is 2. The highest BCUT2D eigenvalue weighted by atomic mass is 16.5. The normalized spacial score (nSPS) is 11.8. The van der Waals surface area contributed by atoms with E-state index in [4.69, 9.17) is 14.7 Å². The van der Waals surface area contributed by atoms with Crippen LogP contribution in [-0.2, 0) is 10.2 Å². The molecule has 5 N–H and O–H groups in total. The van der Waals surface area contributed by atoms with Crippen LogP contribution in [0.3, 0.4) is 0 Å². The summed E-state index contributed by atoms with van der Waals surface area (Å²) in [5.41, 5.74) is 8.10. The number of nitrogens with one attached hydrogen (secondary N) is 5. The molecule has 0 aliphatic heterocycles. The molecule has 0 saturated carbocycles. The summed E-state index contributed by atoms with van der Waals surface area (Å²) in [4.78, 5) is 67.9. The van der Waals surface area contributed by atoms with E-state index in [2.05, 4.69) is 50.6 Å². The maximum atomic E-state index is 12.1. The maximum Gasteiger partial charge on any atom is 0.340 e. The first-order chi connectivity index (χ1) is 25.3. The van der Waals surface area contributed by atoms with E-state index in [9.17, 15) is 19.2 Å². The molecule has 0 radical (unpaired) electrons. The largest absolute Gasteiger partial charge is 0.465 e. The van der Waals surface area contributed by atoms with Crippen molar-refractivity contribution >= 4 is 56.0 Å². The van der Waals surface area contributed by atoms with Crippen LogP contribution in [0.25, 0.3) is 55.5 Å².